The fourth-order valence-electron chi connectivity index (χ4n) is 4.46. The first-order chi connectivity index (χ1) is 18.0. The maximum atomic E-state index is 14.6. The largest absolute Gasteiger partial charge is 0.374 e. The Labute approximate surface area is 220 Å². The molecule has 0 radical (unpaired) electrons. The number of rotatable bonds is 9. The van der Waals surface area contributed by atoms with E-state index < -0.39 is 27.3 Å². The summed E-state index contributed by atoms with van der Waals surface area (Å²) >= 11 is 0. The molecule has 12 heteroatoms. The van der Waals surface area contributed by atoms with Gasteiger partial charge in [-0.3, -0.25) is 9.48 Å². The topological polar surface area (TPSA) is 117 Å². The van der Waals surface area contributed by atoms with Gasteiger partial charge in [-0.1, -0.05) is 20.4 Å². The van der Waals surface area contributed by atoms with Gasteiger partial charge in [-0.15, -0.1) is 4.98 Å². The van der Waals surface area contributed by atoms with Gasteiger partial charge in [0.2, 0.25) is 5.91 Å². The van der Waals surface area contributed by atoms with Gasteiger partial charge in [-0.05, 0) is 59.4 Å². The molecular formula is C26H28FN5O5S. The molecule has 10 nitrogen and oxygen atoms in total. The van der Waals surface area contributed by atoms with Gasteiger partial charge in [0.1, 0.15) is 12.0 Å². The van der Waals surface area contributed by atoms with Crippen molar-refractivity contribution < 1.29 is 27.1 Å². The van der Waals surface area contributed by atoms with Crippen LogP contribution in [0.2, 0.25) is 0 Å². The standard InChI is InChI=1S/C26H28FN5O5S/c1-6-32-22(26(36-5)14-37-15-26)13-25(30-32)38(34,35)31-24(33)12-21-19(16(2)3)10-18(27)11-20(21)17-7-8-29-23(9-17)28-4/h7-11,13,16H,6,12,14-15H2,1-3,5H3,(H,31,33). The first kappa shape index (κ1) is 27.4. The van der Waals surface area contributed by atoms with Crippen LogP contribution in [0.15, 0.2) is 41.6 Å². The lowest BCUT2D eigenvalue weighted by Crippen LogP contribution is -2.49. The van der Waals surface area contributed by atoms with E-state index in [2.05, 4.69) is 19.6 Å². The van der Waals surface area contributed by atoms with Crippen LogP contribution in [0.3, 0.4) is 0 Å². The van der Waals surface area contributed by atoms with Gasteiger partial charge in [0, 0.05) is 19.7 Å². The average Bonchev–Trinajstić information content (AvgIpc) is 3.30. The fourth-order valence-corrected chi connectivity index (χ4v) is 5.41. The Bertz CT molecular complexity index is 1520. The van der Waals surface area contributed by atoms with Crippen molar-refractivity contribution in [2.45, 2.75) is 50.3 Å². The summed E-state index contributed by atoms with van der Waals surface area (Å²) in [4.78, 5) is 20.4. The third-order valence-corrected chi connectivity index (χ3v) is 7.73. The number of aromatic nitrogens is 3. The lowest BCUT2D eigenvalue weighted by Gasteiger charge is -2.39. The number of sulfonamides is 1. The molecule has 0 unspecified atom stereocenters. The van der Waals surface area contributed by atoms with Gasteiger partial charge in [-0.25, -0.2) is 9.11 Å². The zero-order chi connectivity index (χ0) is 27.7. The predicted molar refractivity (Wildman–Crippen MR) is 136 cm³/mol. The molecule has 1 amide bonds. The van der Waals surface area contributed by atoms with E-state index in [-0.39, 0.29) is 36.4 Å². The van der Waals surface area contributed by atoms with E-state index in [1.807, 2.05) is 20.8 Å². The SMILES string of the molecule is [C-]#[N+]c1cc(-c2cc(F)cc(C(C)C)c2CC(=O)NS(=O)(=O)c2cc(C3(OC)COC3)n(CC)n2)ccn1. The Morgan fingerprint density at radius 3 is 2.63 bits per heavy atom. The lowest BCUT2D eigenvalue weighted by molar-refractivity contribution is -0.206. The summed E-state index contributed by atoms with van der Waals surface area (Å²) in [5.41, 5.74) is 1.64. The molecule has 1 aliphatic rings. The van der Waals surface area contributed by atoms with Gasteiger partial charge in [0.15, 0.2) is 10.6 Å². The number of benzene rings is 1. The number of carbonyl (C=O) groups is 1. The molecule has 1 aromatic carbocycles. The molecule has 4 rings (SSSR count). The van der Waals surface area contributed by atoms with Crippen molar-refractivity contribution in [3.05, 3.63) is 70.6 Å². The minimum absolute atomic E-state index is 0.115. The molecule has 3 aromatic rings. The molecule has 1 N–H and O–H groups in total. The van der Waals surface area contributed by atoms with Gasteiger partial charge >= 0.3 is 0 Å². The number of hydrogen-bond acceptors (Lipinski definition) is 7. The van der Waals surface area contributed by atoms with Crippen LogP contribution >= 0.6 is 0 Å². The summed E-state index contributed by atoms with van der Waals surface area (Å²) in [5.74, 6) is -1.36. The minimum Gasteiger partial charge on any atom is -0.374 e. The number of nitrogens with zero attached hydrogens (tertiary/aromatic N) is 4. The summed E-state index contributed by atoms with van der Waals surface area (Å²) in [6.07, 6.45) is 1.09. The van der Waals surface area contributed by atoms with E-state index >= 15 is 0 Å². The Hall–Kier alpha value is -3.66. The van der Waals surface area contributed by atoms with Crippen molar-refractivity contribution in [3.8, 4) is 11.1 Å². The number of ether oxygens (including phenoxy) is 2. The van der Waals surface area contributed by atoms with Gasteiger partial charge in [-0.2, -0.15) is 13.5 Å². The second kappa shape index (κ2) is 10.6. The minimum atomic E-state index is -4.33. The zero-order valence-electron chi connectivity index (χ0n) is 21.5. The quantitative estimate of drug-likeness (QED) is 0.411. The van der Waals surface area contributed by atoms with Gasteiger partial charge in [0.25, 0.3) is 15.8 Å². The Balaban J connectivity index is 1.68. The number of aryl methyl sites for hydroxylation is 1. The fraction of sp³-hybridized carbons (Fsp3) is 0.385. The molecule has 200 valence electrons. The Morgan fingerprint density at radius 2 is 2.05 bits per heavy atom. The summed E-state index contributed by atoms with van der Waals surface area (Å²) < 4.78 is 55.4. The third-order valence-electron chi connectivity index (χ3n) is 6.49. The highest BCUT2D eigenvalue weighted by Gasteiger charge is 2.44. The first-order valence-corrected chi connectivity index (χ1v) is 13.4. The molecule has 38 heavy (non-hydrogen) atoms. The van der Waals surface area contributed by atoms with Crippen LogP contribution in [0.5, 0.6) is 0 Å². The number of methoxy groups -OCH3 is 1. The predicted octanol–water partition coefficient (Wildman–Crippen LogP) is 3.70. The molecule has 2 aromatic heterocycles. The summed E-state index contributed by atoms with van der Waals surface area (Å²) in [6.45, 7) is 13.7. The van der Waals surface area contributed by atoms with E-state index in [1.54, 1.807) is 6.07 Å². The molecular weight excluding hydrogens is 513 g/mol. The molecule has 0 spiro atoms. The number of amides is 1. The van der Waals surface area contributed by atoms with Crippen LogP contribution in [0, 0.1) is 12.4 Å². The van der Waals surface area contributed by atoms with Crippen molar-refractivity contribution in [3.63, 3.8) is 0 Å². The third kappa shape index (κ3) is 5.18. The summed E-state index contributed by atoms with van der Waals surface area (Å²) in [6, 6.07) is 7.10. The molecule has 1 aliphatic heterocycles. The van der Waals surface area contributed by atoms with Crippen LogP contribution < -0.4 is 4.72 Å². The highest BCUT2D eigenvalue weighted by Crippen LogP contribution is 2.35. The summed E-state index contributed by atoms with van der Waals surface area (Å²) in [7, 11) is -2.81. The number of hydrogen-bond donors (Lipinski definition) is 1. The van der Waals surface area contributed by atoms with Crippen LogP contribution in [-0.4, -0.2) is 49.4 Å². The van der Waals surface area contributed by atoms with Crippen molar-refractivity contribution in [2.75, 3.05) is 20.3 Å². The maximum absolute atomic E-state index is 14.6. The van der Waals surface area contributed by atoms with E-state index in [0.29, 0.717) is 34.5 Å². The van der Waals surface area contributed by atoms with E-state index in [4.69, 9.17) is 16.0 Å². The monoisotopic (exact) mass is 541 g/mol. The molecule has 0 atom stereocenters. The second-order valence-corrected chi connectivity index (χ2v) is 10.9. The van der Waals surface area contributed by atoms with Gasteiger partial charge in [0.05, 0.1) is 25.3 Å². The van der Waals surface area contributed by atoms with Crippen molar-refractivity contribution in [1.82, 2.24) is 19.5 Å². The highest BCUT2D eigenvalue weighted by atomic mass is 32.2. The number of nitrogens with one attached hydrogen (secondary N) is 1. The maximum Gasteiger partial charge on any atom is 0.283 e. The van der Waals surface area contributed by atoms with Crippen LogP contribution in [-0.2, 0) is 42.9 Å². The van der Waals surface area contributed by atoms with E-state index in [0.717, 1.165) is 0 Å². The van der Waals surface area contributed by atoms with E-state index in [1.165, 1.54) is 42.3 Å². The van der Waals surface area contributed by atoms with Gasteiger partial charge < -0.3 is 14.3 Å². The normalized spacial score (nSPS) is 14.7. The zero-order valence-corrected chi connectivity index (χ0v) is 22.3. The Kier molecular flexibility index (Phi) is 7.64. The molecule has 0 bridgehead atoms. The smallest absolute Gasteiger partial charge is 0.283 e. The lowest BCUT2D eigenvalue weighted by atomic mass is 9.88. The van der Waals surface area contributed by atoms with Crippen molar-refractivity contribution in [1.29, 1.82) is 0 Å². The van der Waals surface area contributed by atoms with Crippen LogP contribution in [0.4, 0.5) is 10.2 Å². The number of halogens is 1. The van der Waals surface area contributed by atoms with Crippen molar-refractivity contribution >= 4 is 21.7 Å². The molecule has 0 aliphatic carbocycles. The molecule has 1 saturated heterocycles. The highest BCUT2D eigenvalue weighted by molar-refractivity contribution is 7.90. The molecule has 0 saturated carbocycles. The van der Waals surface area contributed by atoms with Crippen LogP contribution in [0.1, 0.15) is 43.5 Å². The van der Waals surface area contributed by atoms with E-state index in [9.17, 15) is 17.6 Å². The molecule has 1 fully saturated rings. The Morgan fingerprint density at radius 1 is 1.32 bits per heavy atom. The second-order valence-electron chi connectivity index (χ2n) is 9.27. The van der Waals surface area contributed by atoms with Crippen molar-refractivity contribution in [2.24, 2.45) is 0 Å². The number of pyridine rings is 1. The average molecular weight is 542 g/mol. The number of carbonyl (C=O) groups excluding carboxylic acids is 1. The molecule has 3 heterocycles. The van der Waals surface area contributed by atoms with Crippen LogP contribution in [0.25, 0.3) is 16.0 Å². The first-order valence-electron chi connectivity index (χ1n) is 12.0. The summed E-state index contributed by atoms with van der Waals surface area (Å²) in [5, 5.41) is 3.88.